The zero-order valence-electron chi connectivity index (χ0n) is 18.2. The summed E-state index contributed by atoms with van der Waals surface area (Å²) >= 11 is 3.31. The Hall–Kier alpha value is -2.07. The second-order valence-corrected chi connectivity index (χ2v) is 10.4. The van der Waals surface area contributed by atoms with E-state index in [2.05, 4.69) is 32.8 Å². The smallest absolute Gasteiger partial charge is 0.321 e. The molecule has 0 unspecified atom stereocenters. The molecule has 1 aliphatic carbocycles. The number of halogens is 3. The summed E-state index contributed by atoms with van der Waals surface area (Å²) in [5.41, 5.74) is -1.89. The van der Waals surface area contributed by atoms with Gasteiger partial charge in [0.2, 0.25) is 5.78 Å². The maximum atomic E-state index is 15.2. The molecule has 166 valence electrons. The van der Waals surface area contributed by atoms with E-state index in [0.717, 1.165) is 4.47 Å². The Morgan fingerprint density at radius 1 is 1.32 bits per heavy atom. The Bertz CT molecular complexity index is 971. The molecule has 0 spiro atoms. The minimum absolute atomic E-state index is 0.507. The molecule has 31 heavy (non-hydrogen) atoms. The third-order valence-corrected chi connectivity index (χ3v) is 6.57. The molecule has 3 rings (SSSR count). The highest BCUT2D eigenvalue weighted by atomic mass is 79.9. The van der Waals surface area contributed by atoms with Gasteiger partial charge < -0.3 is 4.74 Å². The molecule has 1 saturated heterocycles. The highest BCUT2D eigenvalue weighted by Gasteiger charge is 2.71. The van der Waals surface area contributed by atoms with Crippen molar-refractivity contribution in [3.05, 3.63) is 34.6 Å². The summed E-state index contributed by atoms with van der Waals surface area (Å²) in [6.45, 7) is 8.55. The topological polar surface area (TPSA) is 56.3 Å². The molecule has 1 aromatic rings. The molecule has 0 bridgehead atoms. The minimum atomic E-state index is -3.24. The lowest BCUT2D eigenvalue weighted by Gasteiger charge is -2.46. The highest BCUT2D eigenvalue weighted by molar-refractivity contribution is 9.10. The van der Waals surface area contributed by atoms with Crippen LogP contribution in [0, 0.1) is 40.4 Å². The van der Waals surface area contributed by atoms with Crippen LogP contribution in [-0.2, 0) is 14.3 Å². The maximum Gasteiger partial charge on any atom is 0.321 e. The molecular formula is C24H26BrF2NO3. The average Bonchev–Trinajstić information content (AvgIpc) is 2.91. The van der Waals surface area contributed by atoms with Crippen molar-refractivity contribution in [3.8, 4) is 11.8 Å². The Morgan fingerprint density at radius 3 is 2.58 bits per heavy atom. The van der Waals surface area contributed by atoms with E-state index in [4.69, 9.17) is 4.74 Å². The molecule has 5 atom stereocenters. The summed E-state index contributed by atoms with van der Waals surface area (Å²) in [4.78, 5) is 30.3. The van der Waals surface area contributed by atoms with Crippen LogP contribution < -0.4 is 0 Å². The van der Waals surface area contributed by atoms with Crippen LogP contribution in [0.2, 0.25) is 0 Å². The molecule has 1 saturated carbocycles. The Balaban J connectivity index is 2.09. The molecule has 2 aliphatic rings. The van der Waals surface area contributed by atoms with E-state index < -0.39 is 58.8 Å². The summed E-state index contributed by atoms with van der Waals surface area (Å²) in [6.07, 6.45) is 3.34. The first kappa shape index (κ1) is 23.6. The minimum Gasteiger partial charge on any atom is -0.462 e. The summed E-state index contributed by atoms with van der Waals surface area (Å²) in [5.74, 6) is -2.22. The van der Waals surface area contributed by atoms with Gasteiger partial charge in [0.1, 0.15) is 6.10 Å². The molecule has 1 aromatic heterocycles. The molecule has 0 N–H and O–H groups in total. The number of esters is 1. The van der Waals surface area contributed by atoms with Crippen LogP contribution in [0.25, 0.3) is 6.08 Å². The Morgan fingerprint density at radius 2 is 2.00 bits per heavy atom. The summed E-state index contributed by atoms with van der Waals surface area (Å²) in [7, 11) is 0. The number of nitrogens with zero attached hydrogens (tertiary/aromatic N) is 1. The lowest BCUT2D eigenvalue weighted by Crippen LogP contribution is -2.56. The Kier molecular flexibility index (Phi) is 6.18. The Labute approximate surface area is 190 Å². The summed E-state index contributed by atoms with van der Waals surface area (Å²) in [5, 5.41) is 0. The predicted molar refractivity (Wildman–Crippen MR) is 117 cm³/mol. The fourth-order valence-electron chi connectivity index (χ4n) is 4.50. The number of carbonyl (C=O) groups excluding carboxylic acids is 2. The van der Waals surface area contributed by atoms with E-state index in [-0.39, 0.29) is 0 Å². The zero-order chi connectivity index (χ0) is 23.2. The van der Waals surface area contributed by atoms with Crippen molar-refractivity contribution < 1.29 is 23.1 Å². The number of fused-ring (bicyclic) bond motifs is 1. The van der Waals surface area contributed by atoms with Crippen LogP contribution in [0.4, 0.5) is 8.78 Å². The maximum absolute atomic E-state index is 15.2. The predicted octanol–water partition coefficient (Wildman–Crippen LogP) is 5.32. The number of pyridine rings is 1. The van der Waals surface area contributed by atoms with E-state index in [1.165, 1.54) is 6.92 Å². The van der Waals surface area contributed by atoms with Gasteiger partial charge in [-0.2, -0.15) is 0 Å². The van der Waals surface area contributed by atoms with Gasteiger partial charge in [0.15, 0.2) is 5.41 Å². The van der Waals surface area contributed by atoms with Crippen molar-refractivity contribution in [1.82, 2.24) is 4.98 Å². The van der Waals surface area contributed by atoms with Crippen LogP contribution in [0.15, 0.2) is 28.9 Å². The zero-order valence-corrected chi connectivity index (χ0v) is 19.8. The molecule has 0 amide bonds. The number of ketones is 1. The second-order valence-electron chi connectivity index (χ2n) is 9.50. The van der Waals surface area contributed by atoms with Crippen molar-refractivity contribution in [2.45, 2.75) is 53.1 Å². The van der Waals surface area contributed by atoms with Crippen molar-refractivity contribution in [3.63, 3.8) is 0 Å². The molecular weight excluding hydrogens is 468 g/mol. The number of ether oxygens (including phenoxy) is 1. The SMILES string of the molecule is C[C@H]1OC(=O)[C@]2(C(=O)C#CC(C)(C)C)CC(F)(F)[C@@H](C)[C@H](C=Cc3ccc(Br)cn3)[C@H]12. The number of hydrogen-bond donors (Lipinski definition) is 0. The molecule has 7 heteroatoms. The van der Waals surface area contributed by atoms with Crippen molar-refractivity contribution >= 4 is 33.8 Å². The van der Waals surface area contributed by atoms with Gasteiger partial charge in [0.05, 0.1) is 5.69 Å². The number of allylic oxidation sites excluding steroid dienone is 1. The van der Waals surface area contributed by atoms with E-state index in [9.17, 15) is 9.59 Å². The summed E-state index contributed by atoms with van der Waals surface area (Å²) in [6, 6.07) is 3.55. The molecule has 2 heterocycles. The van der Waals surface area contributed by atoms with E-state index >= 15 is 8.78 Å². The average molecular weight is 494 g/mol. The monoisotopic (exact) mass is 493 g/mol. The van der Waals surface area contributed by atoms with Gasteiger partial charge in [-0.05, 0) is 73.7 Å². The number of aromatic nitrogens is 1. The summed E-state index contributed by atoms with van der Waals surface area (Å²) < 4.78 is 36.5. The molecule has 1 aliphatic heterocycles. The van der Waals surface area contributed by atoms with Crippen LogP contribution in [0.5, 0.6) is 0 Å². The quantitative estimate of drug-likeness (QED) is 0.247. The van der Waals surface area contributed by atoms with Gasteiger partial charge in [-0.15, -0.1) is 0 Å². The number of Topliss-reactive ketones (excluding diaryl/α,β-unsaturated/α-hetero) is 1. The largest absolute Gasteiger partial charge is 0.462 e. The van der Waals surface area contributed by atoms with E-state index in [1.54, 1.807) is 37.4 Å². The van der Waals surface area contributed by atoms with Gasteiger partial charge in [-0.3, -0.25) is 14.6 Å². The number of rotatable bonds is 3. The van der Waals surface area contributed by atoms with Crippen LogP contribution in [-0.4, -0.2) is 28.8 Å². The third kappa shape index (κ3) is 4.45. The standard InChI is InChI=1S/C24H26BrF2NO3/c1-14-18(9-8-17-7-6-16(25)12-28-17)20-15(2)31-21(30)23(20,13-24(14,26)27)19(29)10-11-22(3,4)5/h6-9,12,14-15,18,20H,13H2,1-5H3/t14-,15+,18-,20-,23-/m0/s1. The molecule has 0 radical (unpaired) electrons. The first-order valence-electron chi connectivity index (χ1n) is 10.2. The number of alkyl halides is 2. The number of hydrogen-bond acceptors (Lipinski definition) is 4. The van der Waals surface area contributed by atoms with Gasteiger partial charge in [-0.25, -0.2) is 8.78 Å². The number of carbonyl (C=O) groups is 2. The lowest BCUT2D eigenvalue weighted by atomic mass is 9.55. The van der Waals surface area contributed by atoms with E-state index in [1.807, 2.05) is 20.8 Å². The first-order valence-corrected chi connectivity index (χ1v) is 11.0. The van der Waals surface area contributed by atoms with Gasteiger partial charge in [0.25, 0.3) is 5.92 Å². The van der Waals surface area contributed by atoms with Crippen molar-refractivity contribution in [2.24, 2.45) is 28.6 Å². The van der Waals surface area contributed by atoms with Crippen molar-refractivity contribution in [2.75, 3.05) is 0 Å². The molecule has 0 aromatic carbocycles. The van der Waals surface area contributed by atoms with Crippen LogP contribution >= 0.6 is 15.9 Å². The van der Waals surface area contributed by atoms with Gasteiger partial charge in [0, 0.05) is 34.3 Å². The normalized spacial score (nSPS) is 32.2. The fraction of sp³-hybridized carbons (Fsp3) is 0.542. The van der Waals surface area contributed by atoms with Crippen molar-refractivity contribution in [1.29, 1.82) is 0 Å². The molecule has 4 nitrogen and oxygen atoms in total. The number of cyclic esters (lactones) is 1. The first-order chi connectivity index (χ1) is 14.3. The molecule has 2 fully saturated rings. The van der Waals surface area contributed by atoms with E-state index in [0.29, 0.717) is 5.69 Å². The van der Waals surface area contributed by atoms with Gasteiger partial charge >= 0.3 is 5.97 Å². The fourth-order valence-corrected chi connectivity index (χ4v) is 4.74. The van der Waals surface area contributed by atoms with Crippen LogP contribution in [0.1, 0.15) is 46.7 Å². The van der Waals surface area contributed by atoms with Crippen LogP contribution in [0.3, 0.4) is 0 Å². The lowest BCUT2D eigenvalue weighted by molar-refractivity contribution is -0.175. The third-order valence-electron chi connectivity index (χ3n) is 6.10. The highest BCUT2D eigenvalue weighted by Crippen LogP contribution is 2.59. The second kappa shape index (κ2) is 8.12. The van der Waals surface area contributed by atoms with Gasteiger partial charge in [-0.1, -0.05) is 18.9 Å².